The Bertz CT molecular complexity index is 552. The maximum absolute atomic E-state index is 4.45. The van der Waals surface area contributed by atoms with Crippen molar-refractivity contribution in [3.63, 3.8) is 0 Å². The second-order valence-electron chi connectivity index (χ2n) is 5.38. The summed E-state index contributed by atoms with van der Waals surface area (Å²) in [6.45, 7) is 8.06. The zero-order chi connectivity index (χ0) is 14.4. The fourth-order valence-corrected chi connectivity index (χ4v) is 1.85. The van der Waals surface area contributed by atoms with Crippen molar-refractivity contribution < 1.29 is 0 Å². The summed E-state index contributed by atoms with van der Waals surface area (Å²) in [5, 5.41) is 6.55. The Morgan fingerprint density at radius 2 is 2.00 bits per heavy atom. The molecule has 4 heteroatoms. The molecule has 0 saturated heterocycles. The molecule has 106 valence electrons. The molecule has 0 fully saturated rings. The van der Waals surface area contributed by atoms with Crippen LogP contribution in [0, 0.1) is 12.8 Å². The number of rotatable bonds is 6. The first-order valence-corrected chi connectivity index (χ1v) is 7.00. The highest BCUT2D eigenvalue weighted by molar-refractivity contribution is 5.40. The molecular formula is C16H22N4. The van der Waals surface area contributed by atoms with Gasteiger partial charge in [-0.2, -0.15) is 4.98 Å². The predicted octanol–water partition coefficient (Wildman–Crippen LogP) is 3.47. The van der Waals surface area contributed by atoms with E-state index >= 15 is 0 Å². The molecule has 0 bridgehead atoms. The van der Waals surface area contributed by atoms with Gasteiger partial charge in [0.25, 0.3) is 0 Å². The minimum absolute atomic E-state index is 0.572. The van der Waals surface area contributed by atoms with E-state index in [-0.39, 0.29) is 0 Å². The molecule has 1 aromatic carbocycles. The van der Waals surface area contributed by atoms with E-state index in [1.807, 2.05) is 6.07 Å². The molecule has 2 rings (SSSR count). The second-order valence-corrected chi connectivity index (χ2v) is 5.38. The Labute approximate surface area is 120 Å². The number of aryl methyl sites for hydroxylation is 1. The molecule has 0 radical (unpaired) electrons. The zero-order valence-electron chi connectivity index (χ0n) is 12.4. The van der Waals surface area contributed by atoms with Crippen LogP contribution in [0.3, 0.4) is 0 Å². The third-order valence-electron chi connectivity index (χ3n) is 2.88. The Balaban J connectivity index is 1.94. The van der Waals surface area contributed by atoms with Crippen LogP contribution in [0.15, 0.2) is 36.5 Å². The lowest BCUT2D eigenvalue weighted by Gasteiger charge is -2.10. The number of anilines is 2. The van der Waals surface area contributed by atoms with Gasteiger partial charge in [-0.1, -0.05) is 43.7 Å². The van der Waals surface area contributed by atoms with E-state index in [0.717, 1.165) is 18.9 Å². The molecule has 0 aliphatic rings. The van der Waals surface area contributed by atoms with Crippen molar-refractivity contribution in [2.75, 3.05) is 17.2 Å². The van der Waals surface area contributed by atoms with Gasteiger partial charge in [0, 0.05) is 19.3 Å². The van der Waals surface area contributed by atoms with E-state index in [9.17, 15) is 0 Å². The largest absolute Gasteiger partial charge is 0.366 e. The normalized spacial score (nSPS) is 10.6. The highest BCUT2D eigenvalue weighted by atomic mass is 15.1. The van der Waals surface area contributed by atoms with Crippen LogP contribution in [0.25, 0.3) is 0 Å². The monoisotopic (exact) mass is 270 g/mol. The SMILES string of the molecule is Cc1cccc(CNc2ccnc(NCC(C)C)n2)c1. The van der Waals surface area contributed by atoms with Crippen LogP contribution in [-0.4, -0.2) is 16.5 Å². The molecular weight excluding hydrogens is 248 g/mol. The molecule has 0 unspecified atom stereocenters. The van der Waals surface area contributed by atoms with Gasteiger partial charge in [-0.15, -0.1) is 0 Å². The van der Waals surface area contributed by atoms with Crippen molar-refractivity contribution in [2.45, 2.75) is 27.3 Å². The summed E-state index contributed by atoms with van der Waals surface area (Å²) < 4.78 is 0. The average molecular weight is 270 g/mol. The summed E-state index contributed by atoms with van der Waals surface area (Å²) in [5.74, 6) is 2.09. The van der Waals surface area contributed by atoms with Crippen molar-refractivity contribution >= 4 is 11.8 Å². The van der Waals surface area contributed by atoms with E-state index in [4.69, 9.17) is 0 Å². The second kappa shape index (κ2) is 6.89. The highest BCUT2D eigenvalue weighted by Gasteiger charge is 2.00. The minimum Gasteiger partial charge on any atom is -0.366 e. The fourth-order valence-electron chi connectivity index (χ4n) is 1.85. The van der Waals surface area contributed by atoms with Crippen molar-refractivity contribution in [3.05, 3.63) is 47.7 Å². The van der Waals surface area contributed by atoms with Gasteiger partial charge in [0.15, 0.2) is 0 Å². The average Bonchev–Trinajstić information content (AvgIpc) is 2.43. The van der Waals surface area contributed by atoms with Gasteiger partial charge >= 0.3 is 0 Å². The molecule has 0 saturated carbocycles. The summed E-state index contributed by atoms with van der Waals surface area (Å²) in [6, 6.07) is 10.3. The smallest absolute Gasteiger partial charge is 0.224 e. The highest BCUT2D eigenvalue weighted by Crippen LogP contribution is 2.10. The number of nitrogens with zero attached hydrogens (tertiary/aromatic N) is 2. The topological polar surface area (TPSA) is 49.8 Å². The molecule has 0 aliphatic carbocycles. The molecule has 4 nitrogen and oxygen atoms in total. The van der Waals surface area contributed by atoms with E-state index in [2.05, 4.69) is 65.6 Å². The number of hydrogen-bond donors (Lipinski definition) is 2. The summed E-state index contributed by atoms with van der Waals surface area (Å²) in [5.41, 5.74) is 2.52. The van der Waals surface area contributed by atoms with Gasteiger partial charge in [-0.25, -0.2) is 4.98 Å². The fraction of sp³-hybridized carbons (Fsp3) is 0.375. The van der Waals surface area contributed by atoms with Gasteiger partial charge in [0.1, 0.15) is 5.82 Å². The lowest BCUT2D eigenvalue weighted by Crippen LogP contribution is -2.11. The number of hydrogen-bond acceptors (Lipinski definition) is 4. The summed E-state index contributed by atoms with van der Waals surface area (Å²) in [6.07, 6.45) is 1.77. The van der Waals surface area contributed by atoms with E-state index in [1.165, 1.54) is 11.1 Å². The van der Waals surface area contributed by atoms with Crippen LogP contribution in [0.1, 0.15) is 25.0 Å². The van der Waals surface area contributed by atoms with Crippen LogP contribution >= 0.6 is 0 Å². The Morgan fingerprint density at radius 3 is 2.75 bits per heavy atom. The standard InChI is InChI=1S/C16H22N4/c1-12(2)10-19-16-17-8-7-15(20-16)18-11-14-6-4-5-13(3)9-14/h4-9,12H,10-11H2,1-3H3,(H2,17,18,19,20). The molecule has 0 spiro atoms. The van der Waals surface area contributed by atoms with Gasteiger partial charge in [-0.05, 0) is 24.5 Å². The quantitative estimate of drug-likeness (QED) is 0.844. The lowest BCUT2D eigenvalue weighted by atomic mass is 10.1. The van der Waals surface area contributed by atoms with Crippen LogP contribution in [0.2, 0.25) is 0 Å². The molecule has 0 amide bonds. The van der Waals surface area contributed by atoms with Crippen LogP contribution < -0.4 is 10.6 Å². The Morgan fingerprint density at radius 1 is 1.15 bits per heavy atom. The Kier molecular flexibility index (Phi) is 4.93. The van der Waals surface area contributed by atoms with Crippen molar-refractivity contribution in [2.24, 2.45) is 5.92 Å². The molecule has 0 atom stereocenters. The first-order chi connectivity index (χ1) is 9.63. The number of nitrogens with one attached hydrogen (secondary N) is 2. The van der Waals surface area contributed by atoms with Gasteiger partial charge in [-0.3, -0.25) is 0 Å². The first-order valence-electron chi connectivity index (χ1n) is 7.00. The van der Waals surface area contributed by atoms with E-state index in [0.29, 0.717) is 11.9 Å². The maximum Gasteiger partial charge on any atom is 0.224 e. The van der Waals surface area contributed by atoms with Gasteiger partial charge < -0.3 is 10.6 Å². The number of aromatic nitrogens is 2. The van der Waals surface area contributed by atoms with E-state index in [1.54, 1.807) is 6.20 Å². The van der Waals surface area contributed by atoms with Gasteiger partial charge in [0.05, 0.1) is 0 Å². The first kappa shape index (κ1) is 14.3. The van der Waals surface area contributed by atoms with Crippen LogP contribution in [-0.2, 0) is 6.54 Å². The Hall–Kier alpha value is -2.10. The van der Waals surface area contributed by atoms with Crippen LogP contribution in [0.5, 0.6) is 0 Å². The molecule has 2 N–H and O–H groups in total. The lowest BCUT2D eigenvalue weighted by molar-refractivity contribution is 0.684. The van der Waals surface area contributed by atoms with E-state index < -0.39 is 0 Å². The molecule has 2 aromatic rings. The summed E-state index contributed by atoms with van der Waals surface area (Å²) in [4.78, 5) is 8.67. The summed E-state index contributed by atoms with van der Waals surface area (Å²) >= 11 is 0. The van der Waals surface area contributed by atoms with Gasteiger partial charge in [0.2, 0.25) is 5.95 Å². The molecule has 20 heavy (non-hydrogen) atoms. The van der Waals surface area contributed by atoms with Crippen molar-refractivity contribution in [3.8, 4) is 0 Å². The molecule has 1 aromatic heterocycles. The molecule has 0 aliphatic heterocycles. The minimum atomic E-state index is 0.572. The summed E-state index contributed by atoms with van der Waals surface area (Å²) in [7, 11) is 0. The third-order valence-corrected chi connectivity index (χ3v) is 2.88. The third kappa shape index (κ3) is 4.53. The molecule has 1 heterocycles. The number of benzene rings is 1. The zero-order valence-corrected chi connectivity index (χ0v) is 12.4. The van der Waals surface area contributed by atoms with Crippen molar-refractivity contribution in [1.29, 1.82) is 0 Å². The maximum atomic E-state index is 4.45. The van der Waals surface area contributed by atoms with Crippen LogP contribution in [0.4, 0.5) is 11.8 Å². The predicted molar refractivity (Wildman–Crippen MR) is 83.9 cm³/mol. The van der Waals surface area contributed by atoms with Crippen molar-refractivity contribution in [1.82, 2.24) is 9.97 Å².